The Morgan fingerprint density at radius 2 is 2.06 bits per heavy atom. The first-order valence-corrected chi connectivity index (χ1v) is 6.99. The van der Waals surface area contributed by atoms with Crippen LogP contribution in [0.15, 0.2) is 0 Å². The van der Waals surface area contributed by atoms with Gasteiger partial charge in [0.2, 0.25) is 0 Å². The molecule has 2 fully saturated rings. The molecule has 0 spiro atoms. The molecule has 0 aromatic rings. The number of hydrogen-bond donors (Lipinski definition) is 2. The summed E-state index contributed by atoms with van der Waals surface area (Å²) in [5.74, 6) is -0.0392. The summed E-state index contributed by atoms with van der Waals surface area (Å²) in [6.45, 7) is 1.65. The van der Waals surface area contributed by atoms with Gasteiger partial charge in [0.05, 0.1) is 0 Å². The van der Waals surface area contributed by atoms with Gasteiger partial charge in [0.25, 0.3) is 0 Å². The van der Waals surface area contributed by atoms with E-state index in [1.807, 2.05) is 0 Å². The molecule has 4 nitrogen and oxygen atoms in total. The van der Waals surface area contributed by atoms with Gasteiger partial charge in [-0.15, -0.1) is 0 Å². The number of carboxylic acid groups (broad SMARTS) is 1. The summed E-state index contributed by atoms with van der Waals surface area (Å²) < 4.78 is 5.28. The first-order valence-electron chi connectivity index (χ1n) is 5.94. The minimum Gasteiger partial charge on any atom is -0.480 e. The SMILES string of the molecule is O=C(O)C(CSC1CCOCC1)NC1CC1. The van der Waals surface area contributed by atoms with E-state index in [9.17, 15) is 4.79 Å². The molecule has 1 aliphatic carbocycles. The van der Waals surface area contributed by atoms with Gasteiger partial charge in [0, 0.05) is 30.3 Å². The molecule has 0 radical (unpaired) electrons. The third kappa shape index (κ3) is 3.96. The Labute approximate surface area is 100 Å². The molecule has 1 heterocycles. The zero-order valence-electron chi connectivity index (χ0n) is 9.35. The molecule has 1 unspecified atom stereocenters. The molecule has 0 aromatic carbocycles. The first kappa shape index (κ1) is 12.2. The van der Waals surface area contributed by atoms with Gasteiger partial charge in [0.15, 0.2) is 0 Å². The summed E-state index contributed by atoms with van der Waals surface area (Å²) in [4.78, 5) is 11.0. The second-order valence-corrected chi connectivity index (χ2v) is 5.81. The fraction of sp³-hybridized carbons (Fsp3) is 0.909. The largest absolute Gasteiger partial charge is 0.480 e. The lowest BCUT2D eigenvalue weighted by Gasteiger charge is -2.23. The predicted molar refractivity (Wildman–Crippen MR) is 63.9 cm³/mol. The number of rotatable bonds is 6. The van der Waals surface area contributed by atoms with Crippen LogP contribution in [0.3, 0.4) is 0 Å². The van der Waals surface area contributed by atoms with E-state index in [1.165, 1.54) is 0 Å². The van der Waals surface area contributed by atoms with Crippen molar-refractivity contribution in [3.63, 3.8) is 0 Å². The minimum atomic E-state index is -0.716. The van der Waals surface area contributed by atoms with Crippen molar-refractivity contribution < 1.29 is 14.6 Å². The number of nitrogens with one attached hydrogen (secondary N) is 1. The minimum absolute atomic E-state index is 0.375. The summed E-state index contributed by atoms with van der Waals surface area (Å²) in [6, 6.07) is 0.0803. The smallest absolute Gasteiger partial charge is 0.321 e. The Kier molecular flexibility index (Phi) is 4.49. The van der Waals surface area contributed by atoms with Gasteiger partial charge in [-0.3, -0.25) is 4.79 Å². The highest BCUT2D eigenvalue weighted by Crippen LogP contribution is 2.24. The van der Waals surface area contributed by atoms with Crippen LogP contribution in [0.2, 0.25) is 0 Å². The maximum atomic E-state index is 11.0. The zero-order chi connectivity index (χ0) is 11.4. The van der Waals surface area contributed by atoms with Gasteiger partial charge in [-0.2, -0.15) is 11.8 Å². The van der Waals surface area contributed by atoms with Gasteiger partial charge >= 0.3 is 5.97 Å². The summed E-state index contributed by atoms with van der Waals surface area (Å²) in [5, 5.41) is 12.8. The van der Waals surface area contributed by atoms with Crippen molar-refractivity contribution in [3.8, 4) is 0 Å². The van der Waals surface area contributed by atoms with Crippen LogP contribution in [-0.4, -0.2) is 47.4 Å². The lowest BCUT2D eigenvalue weighted by molar-refractivity contribution is -0.138. The standard InChI is InChI=1S/C11H19NO3S/c13-11(14)10(12-8-1-2-8)7-16-9-3-5-15-6-4-9/h8-10,12H,1-7H2,(H,13,14). The molecule has 1 saturated heterocycles. The third-order valence-electron chi connectivity index (χ3n) is 2.98. The Morgan fingerprint density at radius 1 is 1.38 bits per heavy atom. The number of carbonyl (C=O) groups is 1. The van der Waals surface area contributed by atoms with Crippen LogP contribution in [-0.2, 0) is 9.53 Å². The van der Waals surface area contributed by atoms with Gasteiger partial charge < -0.3 is 15.2 Å². The molecular formula is C11H19NO3S. The quantitative estimate of drug-likeness (QED) is 0.734. The molecule has 92 valence electrons. The van der Waals surface area contributed by atoms with Crippen molar-refractivity contribution in [2.24, 2.45) is 0 Å². The lowest BCUT2D eigenvalue weighted by atomic mass is 10.2. The average molecular weight is 245 g/mol. The van der Waals surface area contributed by atoms with Gasteiger partial charge in [-0.05, 0) is 25.7 Å². The monoisotopic (exact) mass is 245 g/mol. The van der Waals surface area contributed by atoms with Gasteiger partial charge in [0.1, 0.15) is 6.04 Å². The van der Waals surface area contributed by atoms with Crippen molar-refractivity contribution in [1.82, 2.24) is 5.32 Å². The van der Waals surface area contributed by atoms with Gasteiger partial charge in [-0.1, -0.05) is 0 Å². The lowest BCUT2D eigenvalue weighted by Crippen LogP contribution is -2.40. The molecule has 2 N–H and O–H groups in total. The molecule has 1 saturated carbocycles. The number of ether oxygens (including phenoxy) is 1. The fourth-order valence-corrected chi connectivity index (χ4v) is 3.03. The molecule has 16 heavy (non-hydrogen) atoms. The van der Waals surface area contributed by atoms with E-state index < -0.39 is 5.97 Å². The van der Waals surface area contributed by atoms with E-state index in [1.54, 1.807) is 11.8 Å². The molecule has 5 heteroatoms. The maximum absolute atomic E-state index is 11.0. The van der Waals surface area contributed by atoms with Crippen LogP contribution >= 0.6 is 11.8 Å². The molecular weight excluding hydrogens is 226 g/mol. The normalized spacial score (nSPS) is 24.2. The van der Waals surface area contributed by atoms with Crippen molar-refractivity contribution in [2.75, 3.05) is 19.0 Å². The Hall–Kier alpha value is -0.260. The van der Waals surface area contributed by atoms with E-state index in [0.717, 1.165) is 38.9 Å². The van der Waals surface area contributed by atoms with E-state index in [-0.39, 0.29) is 6.04 Å². The van der Waals surface area contributed by atoms with E-state index >= 15 is 0 Å². The fourth-order valence-electron chi connectivity index (χ4n) is 1.80. The van der Waals surface area contributed by atoms with Crippen LogP contribution in [0.25, 0.3) is 0 Å². The zero-order valence-corrected chi connectivity index (χ0v) is 10.2. The van der Waals surface area contributed by atoms with Crippen molar-refractivity contribution in [3.05, 3.63) is 0 Å². The summed E-state index contributed by atoms with van der Waals surface area (Å²) >= 11 is 1.78. The first-order chi connectivity index (χ1) is 7.75. The predicted octanol–water partition coefficient (Wildman–Crippen LogP) is 1.10. The van der Waals surface area contributed by atoms with E-state index in [4.69, 9.17) is 9.84 Å². The Bertz CT molecular complexity index is 239. The number of hydrogen-bond acceptors (Lipinski definition) is 4. The molecule has 2 aliphatic rings. The number of carboxylic acids is 1. The van der Waals surface area contributed by atoms with Crippen molar-refractivity contribution >= 4 is 17.7 Å². The number of thioether (sulfide) groups is 1. The topological polar surface area (TPSA) is 58.6 Å². The Morgan fingerprint density at radius 3 is 2.62 bits per heavy atom. The van der Waals surface area contributed by atoms with Crippen LogP contribution in [0.1, 0.15) is 25.7 Å². The highest BCUT2D eigenvalue weighted by atomic mass is 32.2. The molecule has 0 aromatic heterocycles. The van der Waals surface area contributed by atoms with Crippen LogP contribution < -0.4 is 5.32 Å². The summed E-state index contributed by atoms with van der Waals surface area (Å²) in [6.07, 6.45) is 4.37. The molecule has 1 atom stereocenters. The van der Waals surface area contributed by atoms with E-state index in [2.05, 4.69) is 5.32 Å². The van der Waals surface area contributed by atoms with Crippen molar-refractivity contribution in [2.45, 2.75) is 43.0 Å². The average Bonchev–Trinajstić information content (AvgIpc) is 3.09. The summed E-state index contributed by atoms with van der Waals surface area (Å²) in [5.41, 5.74) is 0. The third-order valence-corrected chi connectivity index (χ3v) is 4.45. The summed E-state index contributed by atoms with van der Waals surface area (Å²) in [7, 11) is 0. The second kappa shape index (κ2) is 5.89. The highest BCUT2D eigenvalue weighted by molar-refractivity contribution is 7.99. The van der Waals surface area contributed by atoms with Crippen LogP contribution in [0.4, 0.5) is 0 Å². The van der Waals surface area contributed by atoms with Crippen molar-refractivity contribution in [1.29, 1.82) is 0 Å². The molecule has 0 bridgehead atoms. The molecule has 2 rings (SSSR count). The van der Waals surface area contributed by atoms with E-state index in [0.29, 0.717) is 17.0 Å². The Balaban J connectivity index is 1.69. The van der Waals surface area contributed by atoms with Crippen LogP contribution in [0.5, 0.6) is 0 Å². The molecule has 1 aliphatic heterocycles. The number of aliphatic carboxylic acids is 1. The maximum Gasteiger partial charge on any atom is 0.321 e. The second-order valence-electron chi connectivity index (χ2n) is 4.48. The van der Waals surface area contributed by atoms with Gasteiger partial charge in [-0.25, -0.2) is 0 Å². The highest BCUT2D eigenvalue weighted by Gasteiger charge is 2.29. The molecule has 0 amide bonds. The van der Waals surface area contributed by atoms with Crippen LogP contribution in [0, 0.1) is 0 Å².